The third kappa shape index (κ3) is 3.95. The summed E-state index contributed by atoms with van der Waals surface area (Å²) in [7, 11) is 0. The maximum Gasteiger partial charge on any atom is 0.308 e. The summed E-state index contributed by atoms with van der Waals surface area (Å²) in [4.78, 5) is 13.9. The van der Waals surface area contributed by atoms with E-state index in [1.165, 1.54) is 25.7 Å². The van der Waals surface area contributed by atoms with Crippen LogP contribution >= 0.6 is 0 Å². The molecule has 0 spiro atoms. The molecule has 104 valence electrons. The smallest absolute Gasteiger partial charge is 0.308 e. The number of carbonyl (C=O) groups is 1. The van der Waals surface area contributed by atoms with Crippen molar-refractivity contribution in [2.75, 3.05) is 32.7 Å². The van der Waals surface area contributed by atoms with Crippen molar-refractivity contribution in [1.82, 2.24) is 10.2 Å². The van der Waals surface area contributed by atoms with Gasteiger partial charge in [-0.1, -0.05) is 12.8 Å². The molecule has 2 aliphatic heterocycles. The third-order valence-corrected chi connectivity index (χ3v) is 4.42. The van der Waals surface area contributed by atoms with Gasteiger partial charge in [0.25, 0.3) is 0 Å². The largest absolute Gasteiger partial charge is 0.481 e. The number of piperidine rings is 1. The molecule has 4 nitrogen and oxygen atoms in total. The van der Waals surface area contributed by atoms with Crippen LogP contribution in [0.5, 0.6) is 0 Å². The average Bonchev–Trinajstić information content (AvgIpc) is 2.65. The van der Waals surface area contributed by atoms with E-state index >= 15 is 0 Å². The molecule has 4 heteroatoms. The second kappa shape index (κ2) is 7.10. The molecule has 1 unspecified atom stereocenters. The molecule has 2 aliphatic rings. The molecule has 0 amide bonds. The fourth-order valence-corrected chi connectivity index (χ4v) is 3.27. The minimum absolute atomic E-state index is 0.162. The Labute approximate surface area is 110 Å². The highest BCUT2D eigenvalue weighted by atomic mass is 16.4. The summed E-state index contributed by atoms with van der Waals surface area (Å²) >= 11 is 0. The van der Waals surface area contributed by atoms with Crippen molar-refractivity contribution in [3.63, 3.8) is 0 Å². The van der Waals surface area contributed by atoms with Gasteiger partial charge in [-0.05, 0) is 57.8 Å². The Kier molecular flexibility index (Phi) is 5.45. The number of hydrogen-bond donors (Lipinski definition) is 2. The predicted molar refractivity (Wildman–Crippen MR) is 71.6 cm³/mol. The number of nitrogens with one attached hydrogen (secondary N) is 1. The maximum absolute atomic E-state index is 11.5. The van der Waals surface area contributed by atoms with E-state index in [4.69, 9.17) is 0 Å². The van der Waals surface area contributed by atoms with E-state index in [1.807, 2.05) is 0 Å². The van der Waals surface area contributed by atoms with Gasteiger partial charge < -0.3 is 15.3 Å². The molecule has 2 rings (SSSR count). The van der Waals surface area contributed by atoms with Gasteiger partial charge >= 0.3 is 5.97 Å². The van der Waals surface area contributed by atoms with Crippen molar-refractivity contribution in [3.05, 3.63) is 0 Å². The Balaban J connectivity index is 1.89. The first kappa shape index (κ1) is 13.8. The topological polar surface area (TPSA) is 52.6 Å². The van der Waals surface area contributed by atoms with Gasteiger partial charge in [0, 0.05) is 6.54 Å². The fourth-order valence-electron chi connectivity index (χ4n) is 3.27. The Morgan fingerprint density at radius 2 is 1.78 bits per heavy atom. The van der Waals surface area contributed by atoms with Crippen molar-refractivity contribution >= 4 is 5.97 Å². The molecule has 0 aliphatic carbocycles. The van der Waals surface area contributed by atoms with Crippen LogP contribution in [0.3, 0.4) is 0 Å². The molecular formula is C14H26N2O2. The molecule has 0 saturated carbocycles. The summed E-state index contributed by atoms with van der Waals surface area (Å²) in [5, 5.41) is 12.8. The summed E-state index contributed by atoms with van der Waals surface area (Å²) in [5.41, 5.74) is 0. The normalized spacial score (nSPS) is 25.6. The molecule has 2 fully saturated rings. The highest BCUT2D eigenvalue weighted by Gasteiger charge is 2.30. The molecule has 0 radical (unpaired) electrons. The molecule has 0 aromatic heterocycles. The zero-order valence-electron chi connectivity index (χ0n) is 11.2. The van der Waals surface area contributed by atoms with E-state index in [-0.39, 0.29) is 5.92 Å². The summed E-state index contributed by atoms with van der Waals surface area (Å²) in [6.45, 7) is 4.91. The predicted octanol–water partition coefficient (Wildman–Crippen LogP) is 1.56. The SMILES string of the molecule is O=C(O)C(CN1CCCCCC1)C1CCNCC1. The Bertz CT molecular complexity index is 257. The molecule has 0 bridgehead atoms. The van der Waals surface area contributed by atoms with E-state index in [0.717, 1.165) is 45.6 Å². The van der Waals surface area contributed by atoms with Crippen molar-refractivity contribution in [2.24, 2.45) is 11.8 Å². The number of likely N-dealkylation sites (tertiary alicyclic amines) is 1. The maximum atomic E-state index is 11.5. The van der Waals surface area contributed by atoms with E-state index in [9.17, 15) is 9.90 Å². The standard InChI is InChI=1S/C14H26N2O2/c17-14(18)13(12-5-7-15-8-6-12)11-16-9-3-1-2-4-10-16/h12-13,15H,1-11H2,(H,17,18). The molecule has 1 atom stereocenters. The van der Waals surface area contributed by atoms with Crippen molar-refractivity contribution in [1.29, 1.82) is 0 Å². The number of aliphatic carboxylic acids is 1. The molecule has 0 aromatic rings. The number of carboxylic acids is 1. The van der Waals surface area contributed by atoms with Gasteiger partial charge in [0.1, 0.15) is 0 Å². The molecule has 18 heavy (non-hydrogen) atoms. The minimum atomic E-state index is -0.592. The first-order valence-electron chi connectivity index (χ1n) is 7.43. The second-order valence-electron chi connectivity index (χ2n) is 5.75. The van der Waals surface area contributed by atoms with Gasteiger partial charge in [-0.25, -0.2) is 0 Å². The highest BCUT2D eigenvalue weighted by Crippen LogP contribution is 2.24. The molecule has 2 saturated heterocycles. The second-order valence-corrected chi connectivity index (χ2v) is 5.75. The van der Waals surface area contributed by atoms with Crippen LogP contribution < -0.4 is 5.32 Å². The van der Waals surface area contributed by atoms with E-state index < -0.39 is 5.97 Å². The zero-order valence-corrected chi connectivity index (χ0v) is 11.2. The lowest BCUT2D eigenvalue weighted by Gasteiger charge is -2.31. The van der Waals surface area contributed by atoms with Gasteiger partial charge in [-0.3, -0.25) is 4.79 Å². The quantitative estimate of drug-likeness (QED) is 0.799. The Morgan fingerprint density at radius 1 is 1.17 bits per heavy atom. The first-order chi connectivity index (χ1) is 8.77. The van der Waals surface area contributed by atoms with Crippen LogP contribution in [-0.4, -0.2) is 48.7 Å². The van der Waals surface area contributed by atoms with Crippen LogP contribution in [0.1, 0.15) is 38.5 Å². The average molecular weight is 254 g/mol. The van der Waals surface area contributed by atoms with Crippen LogP contribution in [0.2, 0.25) is 0 Å². The monoisotopic (exact) mass is 254 g/mol. The number of nitrogens with zero attached hydrogens (tertiary/aromatic N) is 1. The van der Waals surface area contributed by atoms with Crippen LogP contribution in [0.15, 0.2) is 0 Å². The van der Waals surface area contributed by atoms with E-state index in [1.54, 1.807) is 0 Å². The van der Waals surface area contributed by atoms with Gasteiger partial charge in [0.15, 0.2) is 0 Å². The minimum Gasteiger partial charge on any atom is -0.481 e. The lowest BCUT2D eigenvalue weighted by atomic mass is 9.84. The molecule has 0 aromatic carbocycles. The number of rotatable bonds is 4. The van der Waals surface area contributed by atoms with Crippen LogP contribution in [0.25, 0.3) is 0 Å². The van der Waals surface area contributed by atoms with Gasteiger partial charge in [0.2, 0.25) is 0 Å². The Morgan fingerprint density at radius 3 is 2.33 bits per heavy atom. The van der Waals surface area contributed by atoms with E-state index in [0.29, 0.717) is 5.92 Å². The lowest BCUT2D eigenvalue weighted by molar-refractivity contribution is -0.145. The molecular weight excluding hydrogens is 228 g/mol. The summed E-state index contributed by atoms with van der Waals surface area (Å²) in [5.74, 6) is -0.386. The zero-order chi connectivity index (χ0) is 12.8. The fraction of sp³-hybridized carbons (Fsp3) is 0.929. The lowest BCUT2D eigenvalue weighted by Crippen LogP contribution is -2.41. The van der Waals surface area contributed by atoms with E-state index in [2.05, 4.69) is 10.2 Å². The van der Waals surface area contributed by atoms with Crippen LogP contribution in [0, 0.1) is 11.8 Å². The van der Waals surface area contributed by atoms with Crippen molar-refractivity contribution in [3.8, 4) is 0 Å². The van der Waals surface area contributed by atoms with Crippen LogP contribution in [-0.2, 0) is 4.79 Å². The summed E-state index contributed by atoms with van der Waals surface area (Å²) < 4.78 is 0. The highest BCUT2D eigenvalue weighted by molar-refractivity contribution is 5.70. The van der Waals surface area contributed by atoms with Crippen molar-refractivity contribution in [2.45, 2.75) is 38.5 Å². The van der Waals surface area contributed by atoms with Gasteiger partial charge in [0.05, 0.1) is 5.92 Å². The summed E-state index contributed by atoms with van der Waals surface area (Å²) in [6.07, 6.45) is 7.12. The third-order valence-electron chi connectivity index (χ3n) is 4.42. The Hall–Kier alpha value is -0.610. The first-order valence-corrected chi connectivity index (χ1v) is 7.43. The van der Waals surface area contributed by atoms with Crippen molar-refractivity contribution < 1.29 is 9.90 Å². The number of carboxylic acid groups (broad SMARTS) is 1. The number of hydrogen-bond acceptors (Lipinski definition) is 3. The van der Waals surface area contributed by atoms with Gasteiger partial charge in [-0.2, -0.15) is 0 Å². The summed E-state index contributed by atoms with van der Waals surface area (Å²) in [6, 6.07) is 0. The molecule has 2 N–H and O–H groups in total. The van der Waals surface area contributed by atoms with Gasteiger partial charge in [-0.15, -0.1) is 0 Å². The van der Waals surface area contributed by atoms with Crippen LogP contribution in [0.4, 0.5) is 0 Å². The molecule has 2 heterocycles.